The van der Waals surface area contributed by atoms with Crippen molar-refractivity contribution in [3.8, 4) is 5.75 Å². The number of alkyl halides is 2. The van der Waals surface area contributed by atoms with Crippen LogP contribution in [0, 0.1) is 0 Å². The number of halogens is 2. The van der Waals surface area contributed by atoms with E-state index in [1.165, 1.54) is 0 Å². The second-order valence-corrected chi connectivity index (χ2v) is 5.76. The SMILES string of the molecule is COc1ccc2cc(CNC(=O)C3CC(F)(F)CN3)ccc2c1. The highest BCUT2D eigenvalue weighted by molar-refractivity contribution is 5.85. The first-order valence-electron chi connectivity index (χ1n) is 7.42. The molecule has 0 radical (unpaired) electrons. The summed E-state index contributed by atoms with van der Waals surface area (Å²) >= 11 is 0. The Kier molecular flexibility index (Phi) is 4.17. The van der Waals surface area contributed by atoms with Crippen LogP contribution >= 0.6 is 0 Å². The molecule has 0 aromatic heterocycles. The molecule has 6 heteroatoms. The Morgan fingerprint density at radius 2 is 2.04 bits per heavy atom. The highest BCUT2D eigenvalue weighted by Crippen LogP contribution is 2.25. The third-order valence-electron chi connectivity index (χ3n) is 4.00. The predicted molar refractivity (Wildman–Crippen MR) is 83.7 cm³/mol. The molecule has 1 fully saturated rings. The van der Waals surface area contributed by atoms with Gasteiger partial charge in [0.25, 0.3) is 5.92 Å². The van der Waals surface area contributed by atoms with Crippen LogP contribution in [0.2, 0.25) is 0 Å². The zero-order valence-electron chi connectivity index (χ0n) is 12.7. The lowest BCUT2D eigenvalue weighted by atomic mass is 10.1. The second kappa shape index (κ2) is 6.12. The Bertz CT molecular complexity index is 734. The van der Waals surface area contributed by atoms with Crippen molar-refractivity contribution < 1.29 is 18.3 Å². The lowest BCUT2D eigenvalue weighted by Crippen LogP contribution is -2.40. The Morgan fingerprint density at radius 1 is 1.30 bits per heavy atom. The van der Waals surface area contributed by atoms with E-state index in [-0.39, 0.29) is 0 Å². The van der Waals surface area contributed by atoms with Crippen LogP contribution in [0.3, 0.4) is 0 Å². The van der Waals surface area contributed by atoms with Gasteiger partial charge in [0.1, 0.15) is 5.75 Å². The van der Waals surface area contributed by atoms with Gasteiger partial charge in [0, 0.05) is 13.0 Å². The molecule has 0 bridgehead atoms. The summed E-state index contributed by atoms with van der Waals surface area (Å²) in [4.78, 5) is 11.9. The number of fused-ring (bicyclic) bond motifs is 1. The number of ether oxygens (including phenoxy) is 1. The van der Waals surface area contributed by atoms with Crippen molar-refractivity contribution in [3.63, 3.8) is 0 Å². The predicted octanol–water partition coefficient (Wildman–Crippen LogP) is 2.46. The van der Waals surface area contributed by atoms with E-state index >= 15 is 0 Å². The summed E-state index contributed by atoms with van der Waals surface area (Å²) in [5.74, 6) is -2.41. The average Bonchev–Trinajstić information content (AvgIpc) is 2.92. The molecule has 2 aromatic rings. The molecular weight excluding hydrogens is 302 g/mol. The summed E-state index contributed by atoms with van der Waals surface area (Å²) in [6.07, 6.45) is -0.448. The summed E-state index contributed by atoms with van der Waals surface area (Å²) in [5, 5.41) is 7.32. The van der Waals surface area contributed by atoms with E-state index < -0.39 is 30.8 Å². The van der Waals surface area contributed by atoms with E-state index in [0.717, 1.165) is 22.1 Å². The molecule has 1 unspecified atom stereocenters. The number of nitrogens with one attached hydrogen (secondary N) is 2. The van der Waals surface area contributed by atoms with Gasteiger partial charge in [-0.2, -0.15) is 0 Å². The molecule has 1 aliphatic heterocycles. The molecule has 1 atom stereocenters. The van der Waals surface area contributed by atoms with E-state index in [1.54, 1.807) is 7.11 Å². The van der Waals surface area contributed by atoms with Gasteiger partial charge in [0.05, 0.1) is 19.7 Å². The largest absolute Gasteiger partial charge is 0.497 e. The maximum Gasteiger partial charge on any atom is 0.262 e. The van der Waals surface area contributed by atoms with Crippen LogP contribution in [0.1, 0.15) is 12.0 Å². The first-order valence-corrected chi connectivity index (χ1v) is 7.42. The fourth-order valence-corrected chi connectivity index (χ4v) is 2.72. The summed E-state index contributed by atoms with van der Waals surface area (Å²) in [7, 11) is 1.62. The summed E-state index contributed by atoms with van der Waals surface area (Å²) < 4.78 is 31.4. The molecule has 0 saturated carbocycles. The van der Waals surface area contributed by atoms with E-state index in [0.29, 0.717) is 6.54 Å². The van der Waals surface area contributed by atoms with E-state index in [9.17, 15) is 13.6 Å². The highest BCUT2D eigenvalue weighted by Gasteiger charge is 2.42. The summed E-state index contributed by atoms with van der Waals surface area (Å²) in [5.41, 5.74) is 0.917. The van der Waals surface area contributed by atoms with Gasteiger partial charge in [-0.3, -0.25) is 10.1 Å². The Morgan fingerprint density at radius 3 is 2.74 bits per heavy atom. The molecule has 1 saturated heterocycles. The smallest absolute Gasteiger partial charge is 0.262 e. The molecule has 4 nitrogen and oxygen atoms in total. The third kappa shape index (κ3) is 3.59. The summed E-state index contributed by atoms with van der Waals surface area (Å²) in [6.45, 7) is -0.131. The lowest BCUT2D eigenvalue weighted by molar-refractivity contribution is -0.123. The topological polar surface area (TPSA) is 50.4 Å². The van der Waals surface area contributed by atoms with E-state index in [2.05, 4.69) is 10.6 Å². The molecule has 1 amide bonds. The van der Waals surface area contributed by atoms with Gasteiger partial charge < -0.3 is 10.1 Å². The number of hydrogen-bond acceptors (Lipinski definition) is 3. The Hall–Kier alpha value is -2.21. The number of amides is 1. The van der Waals surface area contributed by atoms with Gasteiger partial charge in [-0.1, -0.05) is 18.2 Å². The van der Waals surface area contributed by atoms with Crippen molar-refractivity contribution in [3.05, 3.63) is 42.0 Å². The first kappa shape index (κ1) is 15.7. The molecular formula is C17H18F2N2O2. The van der Waals surface area contributed by atoms with Gasteiger partial charge in [-0.25, -0.2) is 8.78 Å². The van der Waals surface area contributed by atoms with Crippen molar-refractivity contribution >= 4 is 16.7 Å². The minimum Gasteiger partial charge on any atom is -0.497 e. The van der Waals surface area contributed by atoms with E-state index in [1.807, 2.05) is 36.4 Å². The Balaban J connectivity index is 1.64. The maximum absolute atomic E-state index is 13.1. The summed E-state index contributed by atoms with van der Waals surface area (Å²) in [6, 6.07) is 10.7. The molecule has 0 aliphatic carbocycles. The number of carbonyl (C=O) groups excluding carboxylic acids is 1. The zero-order chi connectivity index (χ0) is 16.4. The van der Waals surface area contributed by atoms with Crippen LogP contribution in [-0.2, 0) is 11.3 Å². The van der Waals surface area contributed by atoms with Crippen LogP contribution < -0.4 is 15.4 Å². The van der Waals surface area contributed by atoms with Crippen molar-refractivity contribution in [2.75, 3.05) is 13.7 Å². The molecule has 0 spiro atoms. The standard InChI is InChI=1S/C17H18F2N2O2/c1-23-14-5-4-12-6-11(2-3-13(12)7-14)9-20-16(22)15-8-17(18,19)10-21-15/h2-7,15,21H,8-10H2,1H3,(H,20,22). The van der Waals surface area contributed by atoms with Gasteiger partial charge in [-0.15, -0.1) is 0 Å². The van der Waals surface area contributed by atoms with Crippen molar-refractivity contribution in [2.24, 2.45) is 0 Å². The first-order chi connectivity index (χ1) is 11.0. The number of methoxy groups -OCH3 is 1. The van der Waals surface area contributed by atoms with Crippen molar-refractivity contribution in [2.45, 2.75) is 24.9 Å². The lowest BCUT2D eigenvalue weighted by Gasteiger charge is -2.12. The normalized spacial score (nSPS) is 19.7. The number of hydrogen-bond donors (Lipinski definition) is 2. The highest BCUT2D eigenvalue weighted by atomic mass is 19.3. The minimum atomic E-state index is -2.80. The van der Waals surface area contributed by atoms with Crippen LogP contribution in [0.25, 0.3) is 10.8 Å². The molecule has 2 N–H and O–H groups in total. The van der Waals surface area contributed by atoms with Crippen LogP contribution in [0.15, 0.2) is 36.4 Å². The van der Waals surface area contributed by atoms with Gasteiger partial charge in [-0.05, 0) is 34.5 Å². The second-order valence-electron chi connectivity index (χ2n) is 5.76. The van der Waals surface area contributed by atoms with Crippen molar-refractivity contribution in [1.82, 2.24) is 10.6 Å². The third-order valence-corrected chi connectivity index (χ3v) is 4.00. The number of carbonyl (C=O) groups is 1. The van der Waals surface area contributed by atoms with Crippen LogP contribution in [0.5, 0.6) is 5.75 Å². The fourth-order valence-electron chi connectivity index (χ4n) is 2.72. The monoisotopic (exact) mass is 320 g/mol. The molecule has 3 rings (SSSR count). The van der Waals surface area contributed by atoms with Crippen LogP contribution in [0.4, 0.5) is 8.78 Å². The van der Waals surface area contributed by atoms with Crippen molar-refractivity contribution in [1.29, 1.82) is 0 Å². The molecule has 23 heavy (non-hydrogen) atoms. The molecule has 122 valence electrons. The average molecular weight is 320 g/mol. The molecule has 1 heterocycles. The quantitative estimate of drug-likeness (QED) is 0.910. The van der Waals surface area contributed by atoms with E-state index in [4.69, 9.17) is 4.74 Å². The fraction of sp³-hybridized carbons (Fsp3) is 0.353. The zero-order valence-corrected chi connectivity index (χ0v) is 12.7. The maximum atomic E-state index is 13.1. The minimum absolute atomic E-state index is 0.310. The Labute approximate surface area is 132 Å². The molecule has 2 aromatic carbocycles. The van der Waals surface area contributed by atoms with Crippen LogP contribution in [-0.4, -0.2) is 31.5 Å². The number of rotatable bonds is 4. The van der Waals surface area contributed by atoms with Gasteiger partial charge in [0.15, 0.2) is 0 Å². The van der Waals surface area contributed by atoms with Gasteiger partial charge in [0.2, 0.25) is 5.91 Å². The van der Waals surface area contributed by atoms with Gasteiger partial charge >= 0.3 is 0 Å². The molecule has 1 aliphatic rings. The number of benzene rings is 2.